The van der Waals surface area contributed by atoms with Crippen molar-refractivity contribution in [1.82, 2.24) is 5.32 Å². The Morgan fingerprint density at radius 2 is 2.15 bits per heavy atom. The van der Waals surface area contributed by atoms with Crippen LogP contribution in [0, 0.1) is 12.8 Å². The van der Waals surface area contributed by atoms with E-state index in [9.17, 15) is 0 Å². The molecule has 0 radical (unpaired) electrons. The molecule has 3 unspecified atom stereocenters. The maximum atomic E-state index is 6.48. The summed E-state index contributed by atoms with van der Waals surface area (Å²) in [6, 6.07) is 7.51. The molecule has 3 heteroatoms. The highest BCUT2D eigenvalue weighted by atomic mass is 35.5. The fourth-order valence-electron chi connectivity index (χ4n) is 2.99. The van der Waals surface area contributed by atoms with E-state index in [0.717, 1.165) is 24.5 Å². The predicted molar refractivity (Wildman–Crippen MR) is 88.9 cm³/mol. The van der Waals surface area contributed by atoms with Gasteiger partial charge in [-0.15, -0.1) is 0 Å². The molecular weight excluding hydrogens is 268 g/mol. The molecule has 1 heterocycles. The summed E-state index contributed by atoms with van der Waals surface area (Å²) in [7, 11) is 0. The quantitative estimate of drug-likeness (QED) is 0.893. The number of aryl methyl sites for hydroxylation is 1. The number of halogens is 1. The molecular formula is C17H27ClN2. The molecule has 1 fully saturated rings. The smallest absolute Gasteiger partial charge is 0.0642 e. The third kappa shape index (κ3) is 3.29. The minimum absolute atomic E-state index is 0.538. The van der Waals surface area contributed by atoms with Gasteiger partial charge in [-0.25, -0.2) is 0 Å². The molecule has 1 saturated heterocycles. The van der Waals surface area contributed by atoms with Gasteiger partial charge in [0, 0.05) is 25.2 Å². The Bertz CT molecular complexity index is 447. The van der Waals surface area contributed by atoms with E-state index >= 15 is 0 Å². The van der Waals surface area contributed by atoms with E-state index in [1.54, 1.807) is 0 Å². The monoisotopic (exact) mass is 294 g/mol. The zero-order valence-corrected chi connectivity index (χ0v) is 13.9. The first-order valence-electron chi connectivity index (χ1n) is 7.83. The molecule has 1 aliphatic rings. The van der Waals surface area contributed by atoms with Crippen LogP contribution in [-0.4, -0.2) is 25.2 Å². The van der Waals surface area contributed by atoms with Crippen molar-refractivity contribution < 1.29 is 0 Å². The Kier molecular flexibility index (Phi) is 5.34. The Labute approximate surface area is 128 Å². The summed E-state index contributed by atoms with van der Waals surface area (Å²) in [5, 5.41) is 4.60. The molecule has 1 aromatic rings. The van der Waals surface area contributed by atoms with Crippen molar-refractivity contribution in [2.75, 3.05) is 18.0 Å². The zero-order valence-electron chi connectivity index (χ0n) is 13.1. The number of piperazine rings is 1. The van der Waals surface area contributed by atoms with Crippen LogP contribution in [0.2, 0.25) is 5.02 Å². The summed E-state index contributed by atoms with van der Waals surface area (Å²) in [6.45, 7) is 11.0. The molecule has 20 heavy (non-hydrogen) atoms. The molecule has 1 aromatic carbocycles. The summed E-state index contributed by atoms with van der Waals surface area (Å²) in [5.74, 6) is 0.694. The highest BCUT2D eigenvalue weighted by molar-refractivity contribution is 6.33. The van der Waals surface area contributed by atoms with E-state index < -0.39 is 0 Å². The number of hydrogen-bond donors (Lipinski definition) is 1. The van der Waals surface area contributed by atoms with Crippen LogP contribution < -0.4 is 10.2 Å². The number of anilines is 1. The van der Waals surface area contributed by atoms with Gasteiger partial charge in [-0.3, -0.25) is 0 Å². The van der Waals surface area contributed by atoms with E-state index in [1.807, 2.05) is 0 Å². The second-order valence-electron chi connectivity index (χ2n) is 6.07. The van der Waals surface area contributed by atoms with E-state index in [2.05, 4.69) is 56.1 Å². The van der Waals surface area contributed by atoms with Gasteiger partial charge in [-0.1, -0.05) is 44.9 Å². The number of nitrogens with one attached hydrogen (secondary N) is 1. The maximum absolute atomic E-state index is 6.48. The van der Waals surface area contributed by atoms with E-state index in [1.165, 1.54) is 17.7 Å². The fraction of sp³-hybridized carbons (Fsp3) is 0.647. The van der Waals surface area contributed by atoms with Gasteiger partial charge in [0.05, 0.1) is 10.7 Å². The number of nitrogens with zero attached hydrogens (tertiary/aromatic N) is 1. The van der Waals surface area contributed by atoms with Crippen LogP contribution in [0.4, 0.5) is 5.69 Å². The lowest BCUT2D eigenvalue weighted by Gasteiger charge is -2.44. The molecule has 0 spiro atoms. The number of hydrogen-bond acceptors (Lipinski definition) is 2. The predicted octanol–water partition coefficient (Wildman–Crippen LogP) is 4.25. The maximum Gasteiger partial charge on any atom is 0.0642 e. The Morgan fingerprint density at radius 3 is 2.75 bits per heavy atom. The summed E-state index contributed by atoms with van der Waals surface area (Å²) < 4.78 is 0. The second-order valence-corrected chi connectivity index (χ2v) is 6.48. The van der Waals surface area contributed by atoms with Gasteiger partial charge in [0.15, 0.2) is 0 Å². The van der Waals surface area contributed by atoms with Crippen molar-refractivity contribution in [3.63, 3.8) is 0 Å². The van der Waals surface area contributed by atoms with Crippen molar-refractivity contribution >= 4 is 17.3 Å². The van der Waals surface area contributed by atoms with Gasteiger partial charge < -0.3 is 10.2 Å². The molecule has 0 aromatic heterocycles. The van der Waals surface area contributed by atoms with Crippen molar-refractivity contribution in [1.29, 1.82) is 0 Å². The lowest BCUT2D eigenvalue weighted by Crippen LogP contribution is -2.58. The molecule has 0 bridgehead atoms. The second kappa shape index (κ2) is 6.82. The SMILES string of the molecule is CCC(C)C1CN(c2ccc(C)cc2Cl)C(CC)CN1. The summed E-state index contributed by atoms with van der Waals surface area (Å²) in [4.78, 5) is 2.51. The summed E-state index contributed by atoms with van der Waals surface area (Å²) in [5.41, 5.74) is 2.42. The first kappa shape index (κ1) is 15.7. The largest absolute Gasteiger partial charge is 0.365 e. The molecule has 0 aliphatic carbocycles. The summed E-state index contributed by atoms with van der Waals surface area (Å²) >= 11 is 6.48. The Balaban J connectivity index is 2.24. The van der Waals surface area contributed by atoms with Crippen molar-refractivity contribution in [3.05, 3.63) is 28.8 Å². The van der Waals surface area contributed by atoms with E-state index in [0.29, 0.717) is 18.0 Å². The molecule has 2 nitrogen and oxygen atoms in total. The van der Waals surface area contributed by atoms with Crippen molar-refractivity contribution in [2.45, 2.75) is 52.6 Å². The third-order valence-corrected chi connectivity index (χ3v) is 4.97. The third-order valence-electron chi connectivity index (χ3n) is 4.66. The highest BCUT2D eigenvalue weighted by Crippen LogP contribution is 2.31. The standard InChI is InChI=1S/C17H27ClN2/c1-5-13(4)16-11-20(14(6-2)10-19-16)17-8-7-12(3)9-15(17)18/h7-9,13-14,16,19H,5-6,10-11H2,1-4H3. The van der Waals surface area contributed by atoms with Gasteiger partial charge in [-0.2, -0.15) is 0 Å². The lowest BCUT2D eigenvalue weighted by molar-refractivity contribution is 0.306. The van der Waals surface area contributed by atoms with E-state index in [4.69, 9.17) is 11.6 Å². The molecule has 3 atom stereocenters. The van der Waals surface area contributed by atoms with Crippen LogP contribution in [0.5, 0.6) is 0 Å². The van der Waals surface area contributed by atoms with Crippen LogP contribution >= 0.6 is 11.6 Å². The van der Waals surface area contributed by atoms with Gasteiger partial charge in [0.2, 0.25) is 0 Å². The topological polar surface area (TPSA) is 15.3 Å². The van der Waals surface area contributed by atoms with Gasteiger partial charge in [-0.05, 0) is 37.0 Å². The van der Waals surface area contributed by atoms with Crippen LogP contribution in [-0.2, 0) is 0 Å². The Hall–Kier alpha value is -0.730. The van der Waals surface area contributed by atoms with Gasteiger partial charge in [0.25, 0.3) is 0 Å². The molecule has 112 valence electrons. The van der Waals surface area contributed by atoms with Crippen LogP contribution in [0.25, 0.3) is 0 Å². The fourth-order valence-corrected chi connectivity index (χ4v) is 3.34. The van der Waals surface area contributed by atoms with Crippen LogP contribution in [0.1, 0.15) is 39.2 Å². The van der Waals surface area contributed by atoms with E-state index in [-0.39, 0.29) is 0 Å². The first-order chi connectivity index (χ1) is 9.56. The zero-order chi connectivity index (χ0) is 14.7. The Morgan fingerprint density at radius 1 is 1.40 bits per heavy atom. The molecule has 2 rings (SSSR count). The normalized spacial score (nSPS) is 24.8. The van der Waals surface area contributed by atoms with Crippen LogP contribution in [0.15, 0.2) is 18.2 Å². The van der Waals surface area contributed by atoms with Gasteiger partial charge >= 0.3 is 0 Å². The average Bonchev–Trinajstić information content (AvgIpc) is 2.46. The van der Waals surface area contributed by atoms with Crippen molar-refractivity contribution in [2.24, 2.45) is 5.92 Å². The van der Waals surface area contributed by atoms with Crippen LogP contribution in [0.3, 0.4) is 0 Å². The van der Waals surface area contributed by atoms with Gasteiger partial charge in [0.1, 0.15) is 0 Å². The molecule has 1 N–H and O–H groups in total. The minimum atomic E-state index is 0.538. The molecule has 0 saturated carbocycles. The van der Waals surface area contributed by atoms with Crippen molar-refractivity contribution in [3.8, 4) is 0 Å². The first-order valence-corrected chi connectivity index (χ1v) is 8.20. The highest BCUT2D eigenvalue weighted by Gasteiger charge is 2.30. The molecule has 1 aliphatic heterocycles. The molecule has 0 amide bonds. The number of rotatable bonds is 4. The summed E-state index contributed by atoms with van der Waals surface area (Å²) in [6.07, 6.45) is 2.36. The average molecular weight is 295 g/mol. The minimum Gasteiger partial charge on any atom is -0.365 e. The lowest BCUT2D eigenvalue weighted by atomic mass is 9.94. The number of benzene rings is 1.